The Kier molecular flexibility index (Phi) is 4.58. The van der Waals surface area contributed by atoms with Crippen LogP contribution < -0.4 is 4.74 Å². The molecule has 0 saturated heterocycles. The van der Waals surface area contributed by atoms with Crippen molar-refractivity contribution in [3.8, 4) is 5.75 Å². The number of aliphatic hydroxyl groups excluding tert-OH is 1. The quantitative estimate of drug-likeness (QED) is 0.877. The zero-order valence-electron chi connectivity index (χ0n) is 11.4. The van der Waals surface area contributed by atoms with Gasteiger partial charge in [-0.2, -0.15) is 0 Å². The first-order valence-corrected chi connectivity index (χ1v) is 6.61. The summed E-state index contributed by atoms with van der Waals surface area (Å²) in [7, 11) is 0. The second-order valence-electron chi connectivity index (χ2n) is 5.03. The van der Waals surface area contributed by atoms with Gasteiger partial charge in [-0.25, -0.2) is 0 Å². The van der Waals surface area contributed by atoms with Gasteiger partial charge in [-0.15, -0.1) is 0 Å². The van der Waals surface area contributed by atoms with E-state index in [1.165, 1.54) is 0 Å². The first kappa shape index (κ1) is 13.6. The van der Waals surface area contributed by atoms with Crippen LogP contribution in [0.5, 0.6) is 5.75 Å². The maximum absolute atomic E-state index is 9.96. The van der Waals surface area contributed by atoms with E-state index in [1.54, 1.807) is 0 Å². The molecule has 0 bridgehead atoms. The molecule has 0 radical (unpaired) electrons. The maximum atomic E-state index is 9.96. The fourth-order valence-corrected chi connectivity index (χ4v) is 1.89. The number of benzene rings is 2. The fourth-order valence-electron chi connectivity index (χ4n) is 1.89. The highest BCUT2D eigenvalue weighted by molar-refractivity contribution is 5.29. The summed E-state index contributed by atoms with van der Waals surface area (Å²) >= 11 is 0. The van der Waals surface area contributed by atoms with Crippen LogP contribution in [-0.2, 0) is 6.61 Å². The molecule has 0 amide bonds. The van der Waals surface area contributed by atoms with Gasteiger partial charge in [-0.3, -0.25) is 0 Å². The lowest BCUT2D eigenvalue weighted by molar-refractivity contribution is 0.127. The monoisotopic (exact) mass is 256 g/mol. The minimum atomic E-state index is -0.414. The molecule has 2 rings (SSSR count). The van der Waals surface area contributed by atoms with Crippen molar-refractivity contribution in [3.05, 3.63) is 65.7 Å². The molecule has 1 N–H and O–H groups in total. The van der Waals surface area contributed by atoms with Gasteiger partial charge in [0.2, 0.25) is 0 Å². The number of hydrogen-bond acceptors (Lipinski definition) is 2. The molecule has 2 nitrogen and oxygen atoms in total. The van der Waals surface area contributed by atoms with Crippen LogP contribution in [0.1, 0.15) is 31.1 Å². The van der Waals surface area contributed by atoms with E-state index in [9.17, 15) is 5.11 Å². The van der Waals surface area contributed by atoms with Crippen molar-refractivity contribution in [3.63, 3.8) is 0 Å². The Labute approximate surface area is 114 Å². The SMILES string of the molecule is CC(C)C(O)c1ccc(OCc2ccccc2)cc1. The summed E-state index contributed by atoms with van der Waals surface area (Å²) in [5.74, 6) is 1.04. The average Bonchev–Trinajstić information content (AvgIpc) is 2.46. The first-order chi connectivity index (χ1) is 9.16. The predicted molar refractivity (Wildman–Crippen MR) is 77.0 cm³/mol. The van der Waals surface area contributed by atoms with E-state index in [4.69, 9.17) is 4.74 Å². The number of aliphatic hydroxyl groups is 1. The van der Waals surface area contributed by atoms with Crippen LogP contribution in [0.4, 0.5) is 0 Å². The Morgan fingerprint density at radius 2 is 1.58 bits per heavy atom. The van der Waals surface area contributed by atoms with Gasteiger partial charge in [-0.05, 0) is 29.2 Å². The molecule has 0 fully saturated rings. The summed E-state index contributed by atoms with van der Waals surface area (Å²) in [6, 6.07) is 17.7. The van der Waals surface area contributed by atoms with Gasteiger partial charge in [0.05, 0.1) is 6.10 Å². The molecule has 0 heterocycles. The smallest absolute Gasteiger partial charge is 0.119 e. The van der Waals surface area contributed by atoms with Crippen molar-refractivity contribution < 1.29 is 9.84 Å². The van der Waals surface area contributed by atoms with Crippen molar-refractivity contribution in [2.24, 2.45) is 5.92 Å². The van der Waals surface area contributed by atoms with Crippen LogP contribution in [0.25, 0.3) is 0 Å². The molecule has 0 aromatic heterocycles. The second-order valence-corrected chi connectivity index (χ2v) is 5.03. The number of rotatable bonds is 5. The molecule has 1 unspecified atom stereocenters. The second kappa shape index (κ2) is 6.39. The molecular weight excluding hydrogens is 236 g/mol. The molecule has 100 valence electrons. The van der Waals surface area contributed by atoms with Gasteiger partial charge in [0.25, 0.3) is 0 Å². The molecular formula is C17H20O2. The Morgan fingerprint density at radius 3 is 2.16 bits per heavy atom. The van der Waals surface area contributed by atoms with Crippen molar-refractivity contribution in [1.82, 2.24) is 0 Å². The number of hydrogen-bond donors (Lipinski definition) is 1. The first-order valence-electron chi connectivity index (χ1n) is 6.61. The van der Waals surface area contributed by atoms with E-state index < -0.39 is 6.10 Å². The standard InChI is InChI=1S/C17H20O2/c1-13(2)17(18)15-8-10-16(11-9-15)19-12-14-6-4-3-5-7-14/h3-11,13,17-18H,12H2,1-2H3. The summed E-state index contributed by atoms with van der Waals surface area (Å²) in [4.78, 5) is 0. The summed E-state index contributed by atoms with van der Waals surface area (Å²) in [6.07, 6.45) is -0.414. The van der Waals surface area contributed by atoms with Gasteiger partial charge >= 0.3 is 0 Å². The maximum Gasteiger partial charge on any atom is 0.119 e. The van der Waals surface area contributed by atoms with E-state index in [0.29, 0.717) is 6.61 Å². The summed E-state index contributed by atoms with van der Waals surface area (Å²) in [5, 5.41) is 9.96. The highest BCUT2D eigenvalue weighted by atomic mass is 16.5. The van der Waals surface area contributed by atoms with E-state index in [-0.39, 0.29) is 5.92 Å². The molecule has 0 spiro atoms. The van der Waals surface area contributed by atoms with Crippen LogP contribution in [0.15, 0.2) is 54.6 Å². The molecule has 0 aliphatic carbocycles. The lowest BCUT2D eigenvalue weighted by atomic mass is 9.99. The third-order valence-electron chi connectivity index (χ3n) is 3.10. The van der Waals surface area contributed by atoms with Gasteiger partial charge in [0, 0.05) is 0 Å². The van der Waals surface area contributed by atoms with Crippen molar-refractivity contribution in [2.45, 2.75) is 26.6 Å². The van der Waals surface area contributed by atoms with Crippen LogP contribution in [0, 0.1) is 5.92 Å². The lowest BCUT2D eigenvalue weighted by Crippen LogP contribution is -2.05. The van der Waals surface area contributed by atoms with Crippen molar-refractivity contribution >= 4 is 0 Å². The fraction of sp³-hybridized carbons (Fsp3) is 0.294. The molecule has 0 aliphatic rings. The lowest BCUT2D eigenvalue weighted by Gasteiger charge is -2.15. The molecule has 19 heavy (non-hydrogen) atoms. The Bertz CT molecular complexity index is 488. The summed E-state index contributed by atoms with van der Waals surface area (Å²) in [5.41, 5.74) is 2.08. The third-order valence-corrected chi connectivity index (χ3v) is 3.10. The Hall–Kier alpha value is -1.80. The predicted octanol–water partition coefficient (Wildman–Crippen LogP) is 3.96. The van der Waals surface area contributed by atoms with E-state index in [0.717, 1.165) is 16.9 Å². The van der Waals surface area contributed by atoms with Crippen LogP contribution in [-0.4, -0.2) is 5.11 Å². The van der Waals surface area contributed by atoms with E-state index in [2.05, 4.69) is 0 Å². The molecule has 2 aromatic carbocycles. The van der Waals surface area contributed by atoms with E-state index >= 15 is 0 Å². The van der Waals surface area contributed by atoms with E-state index in [1.807, 2.05) is 68.4 Å². The molecule has 1 atom stereocenters. The van der Waals surface area contributed by atoms with Crippen LogP contribution >= 0.6 is 0 Å². The summed E-state index contributed by atoms with van der Waals surface area (Å²) < 4.78 is 5.71. The Morgan fingerprint density at radius 1 is 0.947 bits per heavy atom. The minimum Gasteiger partial charge on any atom is -0.489 e. The Balaban J connectivity index is 1.96. The van der Waals surface area contributed by atoms with Crippen molar-refractivity contribution in [1.29, 1.82) is 0 Å². The summed E-state index contributed by atoms with van der Waals surface area (Å²) in [6.45, 7) is 4.57. The van der Waals surface area contributed by atoms with Crippen molar-refractivity contribution in [2.75, 3.05) is 0 Å². The zero-order valence-corrected chi connectivity index (χ0v) is 11.4. The van der Waals surface area contributed by atoms with Gasteiger partial charge in [0.1, 0.15) is 12.4 Å². The van der Waals surface area contributed by atoms with Crippen LogP contribution in [0.2, 0.25) is 0 Å². The molecule has 0 saturated carbocycles. The largest absolute Gasteiger partial charge is 0.489 e. The van der Waals surface area contributed by atoms with Gasteiger partial charge < -0.3 is 9.84 Å². The van der Waals surface area contributed by atoms with Gasteiger partial charge in [-0.1, -0.05) is 56.3 Å². The third kappa shape index (κ3) is 3.83. The molecule has 2 heteroatoms. The highest BCUT2D eigenvalue weighted by Crippen LogP contribution is 2.23. The molecule has 0 aliphatic heterocycles. The normalized spacial score (nSPS) is 12.4. The minimum absolute atomic E-state index is 0.219. The van der Waals surface area contributed by atoms with Crippen LogP contribution in [0.3, 0.4) is 0 Å². The average molecular weight is 256 g/mol. The van der Waals surface area contributed by atoms with Gasteiger partial charge in [0.15, 0.2) is 0 Å². The highest BCUT2D eigenvalue weighted by Gasteiger charge is 2.11. The molecule has 2 aromatic rings. The zero-order chi connectivity index (χ0) is 13.7. The number of ether oxygens (including phenoxy) is 1. The topological polar surface area (TPSA) is 29.5 Å².